The third-order valence-electron chi connectivity index (χ3n) is 4.06. The third kappa shape index (κ3) is 3.11. The summed E-state index contributed by atoms with van der Waals surface area (Å²) in [5.41, 5.74) is -2.07. The van der Waals surface area contributed by atoms with Gasteiger partial charge in [-0.1, -0.05) is 23.7 Å². The summed E-state index contributed by atoms with van der Waals surface area (Å²) in [5, 5.41) is 16.9. The van der Waals surface area contributed by atoms with Crippen LogP contribution in [-0.4, -0.2) is 27.7 Å². The molecule has 3 heterocycles. The van der Waals surface area contributed by atoms with E-state index in [0.29, 0.717) is 21.3 Å². The lowest BCUT2D eigenvalue weighted by atomic mass is 10.1. The highest BCUT2D eigenvalue weighted by Gasteiger charge is 2.63. The van der Waals surface area contributed by atoms with Crippen molar-refractivity contribution in [3.05, 3.63) is 58.8 Å². The third-order valence-corrected chi connectivity index (χ3v) is 5.13. The summed E-state index contributed by atoms with van der Waals surface area (Å²) in [7, 11) is 0. The van der Waals surface area contributed by atoms with Gasteiger partial charge in [-0.05, 0) is 24.3 Å². The molecule has 1 aliphatic rings. The van der Waals surface area contributed by atoms with Crippen LogP contribution in [0.25, 0.3) is 11.3 Å². The number of halogens is 4. The summed E-state index contributed by atoms with van der Waals surface area (Å²) in [6.45, 7) is 0. The quantitative estimate of drug-likeness (QED) is 0.662. The smallest absolute Gasteiger partial charge is 0.438 e. The van der Waals surface area contributed by atoms with Crippen LogP contribution in [0, 0.1) is 0 Å². The van der Waals surface area contributed by atoms with Crippen molar-refractivity contribution in [1.29, 1.82) is 0 Å². The monoisotopic (exact) mass is 413 g/mol. The molecule has 140 valence electrons. The lowest BCUT2D eigenvalue weighted by Gasteiger charge is -2.32. The largest absolute Gasteiger partial charge is 0.463 e. The van der Waals surface area contributed by atoms with Crippen LogP contribution in [0.15, 0.2) is 57.6 Å². The number of nitrogens with zero attached hydrogens (tertiary/aromatic N) is 3. The van der Waals surface area contributed by atoms with Crippen molar-refractivity contribution >= 4 is 33.8 Å². The summed E-state index contributed by atoms with van der Waals surface area (Å²) in [5.74, 6) is 0.162. The number of benzene rings is 1. The van der Waals surface area contributed by atoms with Gasteiger partial charge in [-0.15, -0.1) is 11.3 Å². The lowest BCUT2D eigenvalue weighted by Crippen LogP contribution is -2.55. The summed E-state index contributed by atoms with van der Waals surface area (Å²) in [6, 6.07) is 9.75. The number of furan rings is 1. The van der Waals surface area contributed by atoms with Gasteiger partial charge in [0.2, 0.25) is 5.13 Å². The second-order valence-corrected chi connectivity index (χ2v) is 7.12. The molecule has 1 aromatic carbocycles. The van der Waals surface area contributed by atoms with Gasteiger partial charge in [-0.2, -0.15) is 23.3 Å². The van der Waals surface area contributed by atoms with E-state index in [1.165, 1.54) is 18.4 Å². The first-order chi connectivity index (χ1) is 12.8. The van der Waals surface area contributed by atoms with E-state index in [1.807, 2.05) is 0 Å². The van der Waals surface area contributed by atoms with Crippen molar-refractivity contribution in [3.8, 4) is 11.3 Å². The van der Waals surface area contributed by atoms with Gasteiger partial charge in [0, 0.05) is 16.0 Å². The van der Waals surface area contributed by atoms with Gasteiger partial charge in [0.15, 0.2) is 0 Å². The SMILES string of the molecule is OC1(C(F)(F)F)CC(c2ccco2)=NN1c1nc(-c2ccc(Cl)cc2)cs1. The molecule has 27 heavy (non-hydrogen) atoms. The molecule has 0 spiro atoms. The standard InChI is InChI=1S/C17H11ClF3N3O2S/c18-11-5-3-10(4-6-11)13-9-27-15(22-13)24-16(25,17(19,20)21)8-12(23-24)14-2-1-7-26-14/h1-7,9,25H,8H2. The molecule has 1 unspecified atom stereocenters. The minimum Gasteiger partial charge on any atom is -0.463 e. The van der Waals surface area contributed by atoms with Crippen LogP contribution in [0.4, 0.5) is 18.3 Å². The number of alkyl halides is 3. The molecule has 2 aromatic heterocycles. The highest BCUT2D eigenvalue weighted by molar-refractivity contribution is 7.14. The Balaban J connectivity index is 1.74. The summed E-state index contributed by atoms with van der Waals surface area (Å²) >= 11 is 6.80. The first-order valence-corrected chi connectivity index (χ1v) is 8.96. The first kappa shape index (κ1) is 18.0. The van der Waals surface area contributed by atoms with E-state index in [4.69, 9.17) is 16.0 Å². The Kier molecular flexibility index (Phi) is 4.25. The zero-order valence-electron chi connectivity index (χ0n) is 13.4. The minimum absolute atomic E-state index is 0.0110. The van der Waals surface area contributed by atoms with E-state index >= 15 is 0 Å². The van der Waals surface area contributed by atoms with E-state index in [2.05, 4.69) is 10.1 Å². The Morgan fingerprint density at radius 2 is 1.96 bits per heavy atom. The van der Waals surface area contributed by atoms with Gasteiger partial charge in [-0.25, -0.2) is 4.98 Å². The van der Waals surface area contributed by atoms with Gasteiger partial charge in [0.1, 0.15) is 11.5 Å². The normalized spacial score (nSPS) is 20.2. The lowest BCUT2D eigenvalue weighted by molar-refractivity contribution is -0.254. The molecular weight excluding hydrogens is 403 g/mol. The second-order valence-electron chi connectivity index (χ2n) is 5.85. The highest BCUT2D eigenvalue weighted by Crippen LogP contribution is 2.45. The Hall–Kier alpha value is -2.36. The predicted octanol–water partition coefficient (Wildman–Crippen LogP) is 4.92. The van der Waals surface area contributed by atoms with Crippen molar-refractivity contribution in [2.45, 2.75) is 18.3 Å². The van der Waals surface area contributed by atoms with E-state index in [1.54, 1.807) is 29.6 Å². The topological polar surface area (TPSA) is 61.9 Å². The van der Waals surface area contributed by atoms with Gasteiger partial charge in [0.05, 0.1) is 18.4 Å². The fourth-order valence-electron chi connectivity index (χ4n) is 2.66. The number of anilines is 1. The van der Waals surface area contributed by atoms with Gasteiger partial charge in [0.25, 0.3) is 5.72 Å². The molecule has 3 aromatic rings. The first-order valence-electron chi connectivity index (χ1n) is 7.70. The van der Waals surface area contributed by atoms with Gasteiger partial charge < -0.3 is 9.52 Å². The minimum atomic E-state index is -4.95. The second kappa shape index (κ2) is 6.36. The summed E-state index contributed by atoms with van der Waals surface area (Å²) in [6.07, 6.45) is -4.38. The van der Waals surface area contributed by atoms with Crippen molar-refractivity contribution in [3.63, 3.8) is 0 Å². The van der Waals surface area contributed by atoms with Crippen molar-refractivity contribution in [1.82, 2.24) is 4.98 Å². The fourth-order valence-corrected chi connectivity index (χ4v) is 3.64. The molecule has 0 radical (unpaired) electrons. The van der Waals surface area contributed by atoms with Gasteiger partial charge in [-0.3, -0.25) is 0 Å². The van der Waals surface area contributed by atoms with Crippen LogP contribution in [0.2, 0.25) is 5.02 Å². The average molecular weight is 414 g/mol. The van der Waals surface area contributed by atoms with Crippen molar-refractivity contribution in [2.75, 3.05) is 5.01 Å². The molecule has 0 amide bonds. The average Bonchev–Trinajstić information content (AvgIpc) is 3.34. The fraction of sp³-hybridized carbons (Fsp3) is 0.176. The number of rotatable bonds is 3. The zero-order valence-corrected chi connectivity index (χ0v) is 15.0. The number of thiazole rings is 1. The molecule has 0 aliphatic carbocycles. The van der Waals surface area contributed by atoms with Crippen molar-refractivity contribution in [2.24, 2.45) is 5.10 Å². The van der Waals surface area contributed by atoms with E-state index in [0.717, 1.165) is 11.3 Å². The molecule has 0 fully saturated rings. The van der Waals surface area contributed by atoms with Crippen LogP contribution < -0.4 is 5.01 Å². The molecule has 0 bridgehead atoms. The van der Waals surface area contributed by atoms with E-state index < -0.39 is 18.3 Å². The van der Waals surface area contributed by atoms with Crippen LogP contribution in [0.1, 0.15) is 12.2 Å². The molecule has 5 nitrogen and oxygen atoms in total. The molecule has 1 aliphatic heterocycles. The summed E-state index contributed by atoms with van der Waals surface area (Å²) in [4.78, 5) is 4.22. The Bertz CT molecular complexity index is 986. The Labute approximate surface area is 160 Å². The van der Waals surface area contributed by atoms with Gasteiger partial charge >= 0.3 is 6.18 Å². The molecule has 4 rings (SSSR count). The molecule has 1 N–H and O–H groups in total. The number of aliphatic hydroxyl groups is 1. The Morgan fingerprint density at radius 1 is 1.22 bits per heavy atom. The zero-order chi connectivity index (χ0) is 19.2. The molecule has 1 atom stereocenters. The maximum atomic E-state index is 13.6. The van der Waals surface area contributed by atoms with Crippen LogP contribution in [0.5, 0.6) is 0 Å². The van der Waals surface area contributed by atoms with E-state index in [9.17, 15) is 18.3 Å². The Morgan fingerprint density at radius 3 is 2.59 bits per heavy atom. The molecule has 0 saturated carbocycles. The number of hydrazone groups is 1. The van der Waals surface area contributed by atoms with Crippen molar-refractivity contribution < 1.29 is 22.7 Å². The number of aromatic nitrogens is 1. The predicted molar refractivity (Wildman–Crippen MR) is 95.9 cm³/mol. The number of hydrogen-bond donors (Lipinski definition) is 1. The number of hydrogen-bond acceptors (Lipinski definition) is 6. The summed E-state index contributed by atoms with van der Waals surface area (Å²) < 4.78 is 46.0. The van der Waals surface area contributed by atoms with E-state index in [-0.39, 0.29) is 16.6 Å². The highest BCUT2D eigenvalue weighted by atomic mass is 35.5. The molecule has 10 heteroatoms. The molecule has 0 saturated heterocycles. The maximum Gasteiger partial charge on any atom is 0.438 e. The van der Waals surface area contributed by atoms with Crippen LogP contribution in [0.3, 0.4) is 0 Å². The molecular formula is C17H11ClF3N3O2S. The van der Waals surface area contributed by atoms with Crippen LogP contribution >= 0.6 is 22.9 Å². The maximum absolute atomic E-state index is 13.6. The van der Waals surface area contributed by atoms with Crippen LogP contribution in [-0.2, 0) is 0 Å².